The van der Waals surface area contributed by atoms with E-state index < -0.39 is 5.41 Å². The van der Waals surface area contributed by atoms with Crippen LogP contribution in [0.15, 0.2) is 48.2 Å². The Kier molecular flexibility index (Phi) is 9.99. The molecule has 1 N–H and O–H groups in total. The number of hydrogen-bond donors (Lipinski definition) is 1. The monoisotopic (exact) mass is 637 g/mol. The Morgan fingerprint density at radius 3 is 2.09 bits per heavy atom. The molecule has 2 aromatic carbocycles. The van der Waals surface area contributed by atoms with Crippen LogP contribution in [0, 0.1) is 44.6 Å². The Labute approximate surface area is 219 Å². The summed E-state index contributed by atoms with van der Waals surface area (Å²) in [6.45, 7) is 19.6. The van der Waals surface area contributed by atoms with E-state index in [1.54, 1.807) is 0 Å². The number of allylic oxidation sites excluding steroid dienone is 2. The average molecular weight is 637 g/mol. The number of aliphatic hydroxyl groups is 1. The van der Waals surface area contributed by atoms with Gasteiger partial charge in [-0.05, 0) is 30.1 Å². The smallest absolute Gasteiger partial charge is 0.164 e. The van der Waals surface area contributed by atoms with Gasteiger partial charge >= 0.3 is 0 Å². The maximum absolute atomic E-state index is 11.5. The minimum Gasteiger partial charge on any atom is -0.512 e. The van der Waals surface area contributed by atoms with Crippen molar-refractivity contribution in [2.24, 2.45) is 10.8 Å². The van der Waals surface area contributed by atoms with Crippen molar-refractivity contribution in [2.45, 2.75) is 69.2 Å². The van der Waals surface area contributed by atoms with Crippen LogP contribution in [0.5, 0.6) is 0 Å². The third-order valence-corrected chi connectivity index (χ3v) is 5.60. The summed E-state index contributed by atoms with van der Waals surface area (Å²) in [5, 5.41) is 10.8. The number of rotatable bonds is 2. The van der Waals surface area contributed by atoms with Crippen molar-refractivity contribution in [3.05, 3.63) is 76.6 Å². The topological polar surface area (TPSA) is 50.2 Å². The summed E-state index contributed by atoms with van der Waals surface area (Å²) in [5.41, 5.74) is 7.38. The third-order valence-electron chi connectivity index (χ3n) is 5.60. The molecule has 3 nitrogen and oxygen atoms in total. The first-order chi connectivity index (χ1) is 15.1. The van der Waals surface area contributed by atoms with Crippen LogP contribution >= 0.6 is 0 Å². The van der Waals surface area contributed by atoms with Gasteiger partial charge in [0.05, 0.1) is 5.52 Å². The predicted octanol–water partition coefficient (Wildman–Crippen LogP) is 8.02. The summed E-state index contributed by atoms with van der Waals surface area (Å²) < 4.78 is 0. The molecule has 0 saturated heterocycles. The number of pyridine rings is 1. The number of nitrogens with zero attached hydrogens (tertiary/aromatic N) is 1. The van der Waals surface area contributed by atoms with E-state index in [2.05, 4.69) is 70.2 Å². The maximum Gasteiger partial charge on any atom is 0.164 e. The van der Waals surface area contributed by atoms with Crippen molar-refractivity contribution in [1.82, 2.24) is 4.98 Å². The van der Waals surface area contributed by atoms with E-state index in [1.807, 2.05) is 41.5 Å². The van der Waals surface area contributed by atoms with Crippen LogP contribution < -0.4 is 0 Å². The van der Waals surface area contributed by atoms with Gasteiger partial charge in [0.2, 0.25) is 0 Å². The maximum atomic E-state index is 11.5. The van der Waals surface area contributed by atoms with Gasteiger partial charge in [-0.15, -0.1) is 34.4 Å². The Hall–Kier alpha value is -2.29. The first kappa shape index (κ1) is 29.7. The van der Waals surface area contributed by atoms with Gasteiger partial charge in [-0.2, -0.15) is 0 Å². The quantitative estimate of drug-likeness (QED) is 0.176. The van der Waals surface area contributed by atoms with Crippen LogP contribution in [0.1, 0.15) is 63.8 Å². The van der Waals surface area contributed by atoms with E-state index in [1.165, 1.54) is 28.2 Å². The van der Waals surface area contributed by atoms with Gasteiger partial charge in [0, 0.05) is 37.0 Å². The Bertz CT molecular complexity index is 1190. The van der Waals surface area contributed by atoms with Gasteiger partial charge in [-0.1, -0.05) is 86.1 Å². The van der Waals surface area contributed by atoms with E-state index >= 15 is 0 Å². The number of carbonyl (C=O) groups is 1. The van der Waals surface area contributed by atoms with Crippen LogP contribution in [0.4, 0.5) is 0 Å². The van der Waals surface area contributed by atoms with Crippen LogP contribution in [0.3, 0.4) is 0 Å². The van der Waals surface area contributed by atoms with Gasteiger partial charge < -0.3 is 5.11 Å². The number of aryl methyl sites for hydroxylation is 3. The zero-order valence-corrected chi connectivity index (χ0v) is 24.6. The first-order valence-electron chi connectivity index (χ1n) is 11.4. The van der Waals surface area contributed by atoms with E-state index in [0.29, 0.717) is 0 Å². The number of hydrogen-bond acceptors (Lipinski definition) is 3. The molecule has 3 aromatic rings. The molecule has 0 fully saturated rings. The summed E-state index contributed by atoms with van der Waals surface area (Å²) in [5.74, 6) is 0.104. The summed E-state index contributed by atoms with van der Waals surface area (Å²) in [4.78, 5) is 16.3. The molecule has 0 spiro atoms. The van der Waals surface area contributed by atoms with E-state index in [-0.39, 0.29) is 37.1 Å². The molecule has 1 heterocycles. The fourth-order valence-corrected chi connectivity index (χ4v) is 3.15. The van der Waals surface area contributed by atoms with Gasteiger partial charge in [0.1, 0.15) is 5.76 Å². The first-order valence-corrected chi connectivity index (χ1v) is 11.4. The fourth-order valence-electron chi connectivity index (χ4n) is 3.15. The van der Waals surface area contributed by atoms with Crippen molar-refractivity contribution < 1.29 is 30.0 Å². The van der Waals surface area contributed by atoms with Crippen molar-refractivity contribution >= 4 is 16.7 Å². The molecule has 1 radical (unpaired) electrons. The third kappa shape index (κ3) is 7.89. The second-order valence-electron chi connectivity index (χ2n) is 10.9. The zero-order chi connectivity index (χ0) is 25.1. The number of carbonyl (C=O) groups excluding carboxylic acids is 1. The molecule has 34 heavy (non-hydrogen) atoms. The van der Waals surface area contributed by atoms with Gasteiger partial charge in [-0.25, -0.2) is 0 Å². The van der Waals surface area contributed by atoms with Gasteiger partial charge in [0.15, 0.2) is 5.78 Å². The fraction of sp³-hybridized carbons (Fsp3) is 0.400. The van der Waals surface area contributed by atoms with Crippen molar-refractivity contribution in [3.63, 3.8) is 0 Å². The molecular weight excluding hydrogens is 599 g/mol. The summed E-state index contributed by atoms with van der Waals surface area (Å²) in [6, 6.07) is 16.2. The molecule has 0 amide bonds. The van der Waals surface area contributed by atoms with Crippen molar-refractivity contribution in [2.75, 3.05) is 0 Å². The minimum absolute atomic E-state index is 0. The Morgan fingerprint density at radius 2 is 1.53 bits per heavy atom. The minimum atomic E-state index is -0.417. The number of aliphatic hydroxyl groups excluding tert-OH is 1. The molecule has 0 bridgehead atoms. The summed E-state index contributed by atoms with van der Waals surface area (Å²) in [7, 11) is 0. The molecule has 4 heteroatoms. The van der Waals surface area contributed by atoms with E-state index in [0.717, 1.165) is 22.3 Å². The Morgan fingerprint density at radius 1 is 0.912 bits per heavy atom. The summed E-state index contributed by atoms with van der Waals surface area (Å²) >= 11 is 0. The molecule has 0 aliphatic heterocycles. The number of ketones is 1. The molecule has 0 aliphatic rings. The predicted molar refractivity (Wildman–Crippen MR) is 140 cm³/mol. The molecule has 0 unspecified atom stereocenters. The normalized spacial score (nSPS) is 12.0. The zero-order valence-electron chi connectivity index (χ0n) is 22.2. The standard InChI is InChI=1S/C19H18N.C11H20O2.Ir/c1-12-5-7-18-16(10-12)6-8-19(20-18)17-11-13(2)9-14(3)15(17)4;1-10(2,3)8(12)7-9(13)11(4,5)6;/h5-10H,1-4H3;7,12H,1-6H3;/q-1;;/b;8-7-;. The molecule has 3 rings (SSSR count). The van der Waals surface area contributed by atoms with E-state index in [4.69, 9.17) is 4.98 Å². The molecule has 0 saturated carbocycles. The molecule has 185 valence electrons. The second kappa shape index (κ2) is 11.4. The number of aromatic nitrogens is 1. The molecule has 1 aromatic heterocycles. The van der Waals surface area contributed by atoms with Gasteiger partial charge in [-0.3, -0.25) is 9.78 Å². The molecule has 0 aliphatic carbocycles. The number of benzene rings is 2. The van der Waals surface area contributed by atoms with Crippen LogP contribution in [-0.2, 0) is 24.9 Å². The molecular formula is C30H38IrNO2-. The van der Waals surface area contributed by atoms with Crippen LogP contribution in [0.25, 0.3) is 22.2 Å². The van der Waals surface area contributed by atoms with E-state index in [9.17, 15) is 9.90 Å². The Balaban J connectivity index is 0.000000364. The number of fused-ring (bicyclic) bond motifs is 1. The largest absolute Gasteiger partial charge is 0.512 e. The second-order valence-corrected chi connectivity index (χ2v) is 10.9. The van der Waals surface area contributed by atoms with Crippen molar-refractivity contribution in [1.29, 1.82) is 0 Å². The SMILES string of the molecule is CC(C)(C)C(=O)/C=C(\O)C(C)(C)C.Cc1[c-]c(-c2ccc3cc(C)ccc3n2)c(C)c(C)c1.[Ir]. The summed E-state index contributed by atoms with van der Waals surface area (Å²) in [6.07, 6.45) is 1.33. The van der Waals surface area contributed by atoms with Crippen LogP contribution in [0.2, 0.25) is 0 Å². The van der Waals surface area contributed by atoms with Crippen molar-refractivity contribution in [3.8, 4) is 11.3 Å². The van der Waals surface area contributed by atoms with Crippen LogP contribution in [-0.4, -0.2) is 15.9 Å². The average Bonchev–Trinajstić information content (AvgIpc) is 2.69. The molecule has 0 atom stereocenters. The van der Waals surface area contributed by atoms with Gasteiger partial charge in [0.25, 0.3) is 0 Å².